The van der Waals surface area contributed by atoms with Crippen molar-refractivity contribution in [3.8, 4) is 11.5 Å². The van der Waals surface area contributed by atoms with Crippen LogP contribution in [0, 0.1) is 29.9 Å². The molecule has 0 saturated heterocycles. The highest BCUT2D eigenvalue weighted by molar-refractivity contribution is 7.27. The second-order valence-electron chi connectivity index (χ2n) is 9.08. The maximum atomic E-state index is 15.1. The summed E-state index contributed by atoms with van der Waals surface area (Å²) < 4.78 is 36.8. The van der Waals surface area contributed by atoms with E-state index in [1.165, 1.54) is 13.0 Å². The monoisotopic (exact) mass is 531 g/mol. The smallest absolute Gasteiger partial charge is 0.355 e. The van der Waals surface area contributed by atoms with Crippen molar-refractivity contribution in [1.82, 2.24) is 14.1 Å². The molecule has 1 aliphatic heterocycles. The van der Waals surface area contributed by atoms with Gasteiger partial charge in [-0.2, -0.15) is 4.98 Å². The molecule has 3 aromatic rings. The average Bonchev–Trinajstić information content (AvgIpc) is 3.32. The fourth-order valence-corrected chi connectivity index (χ4v) is 4.24. The van der Waals surface area contributed by atoms with E-state index in [2.05, 4.69) is 19.5 Å². The molecule has 0 saturated carbocycles. The quantitative estimate of drug-likeness (QED) is 0.233. The van der Waals surface area contributed by atoms with Crippen LogP contribution in [-0.2, 0) is 19.5 Å². The van der Waals surface area contributed by atoms with Crippen molar-refractivity contribution < 1.29 is 18.6 Å². The Hall–Kier alpha value is -3.59. The summed E-state index contributed by atoms with van der Waals surface area (Å²) in [5.41, 5.74) is -0.689. The third-order valence-corrected chi connectivity index (χ3v) is 7.35. The molecule has 1 aliphatic rings. The van der Waals surface area contributed by atoms with Gasteiger partial charge in [0.15, 0.2) is 0 Å². The summed E-state index contributed by atoms with van der Waals surface area (Å²) >= 11 is 0. The van der Waals surface area contributed by atoms with Crippen molar-refractivity contribution in [2.45, 2.75) is 46.7 Å². The number of rotatable bonds is 8. The molecule has 1 aromatic heterocycles. The van der Waals surface area contributed by atoms with Crippen molar-refractivity contribution in [3.63, 3.8) is 0 Å². The van der Waals surface area contributed by atoms with Gasteiger partial charge in [-0.15, -0.1) is 9.24 Å². The molecule has 0 fully saturated rings. The van der Waals surface area contributed by atoms with E-state index in [0.29, 0.717) is 25.2 Å². The van der Waals surface area contributed by atoms with Crippen LogP contribution < -0.4 is 26.7 Å². The molecule has 37 heavy (non-hydrogen) atoms. The van der Waals surface area contributed by atoms with Gasteiger partial charge in [-0.25, -0.2) is 22.9 Å². The first-order valence-corrected chi connectivity index (χ1v) is 12.4. The summed E-state index contributed by atoms with van der Waals surface area (Å²) in [5.74, 6) is -1.48. The standard InChI is InChI=1S/C25H28F2N5O4P/c1-4-12(2)17(28)11-32-24(34)30-23(29-18-8-14-5-6-36-20(14)9-19(18)33)31(25(32)35)10-15-7-16(26)22(37)13(3)21(15)27/h7-9,12,28,33H,4-6,10-11,37H2,1-3H3,(H,29,30,34). The van der Waals surface area contributed by atoms with E-state index in [4.69, 9.17) is 10.1 Å². The summed E-state index contributed by atoms with van der Waals surface area (Å²) in [6.07, 6.45) is 1.25. The van der Waals surface area contributed by atoms with E-state index < -0.39 is 29.6 Å². The van der Waals surface area contributed by atoms with Gasteiger partial charge < -0.3 is 20.6 Å². The number of phenols is 1. The summed E-state index contributed by atoms with van der Waals surface area (Å²) in [4.78, 5) is 30.4. The number of benzene rings is 2. The van der Waals surface area contributed by atoms with Gasteiger partial charge >= 0.3 is 11.4 Å². The zero-order valence-electron chi connectivity index (χ0n) is 20.7. The minimum absolute atomic E-state index is 0.0682. The van der Waals surface area contributed by atoms with Crippen LogP contribution in [0.4, 0.5) is 20.4 Å². The van der Waals surface area contributed by atoms with E-state index in [9.17, 15) is 19.1 Å². The number of aromatic hydroxyl groups is 1. The van der Waals surface area contributed by atoms with Crippen LogP contribution in [0.1, 0.15) is 37.0 Å². The van der Waals surface area contributed by atoms with Crippen molar-refractivity contribution in [2.24, 2.45) is 5.92 Å². The lowest BCUT2D eigenvalue weighted by atomic mass is 10.0. The molecule has 0 bridgehead atoms. The van der Waals surface area contributed by atoms with Crippen LogP contribution >= 0.6 is 9.24 Å². The van der Waals surface area contributed by atoms with Crippen molar-refractivity contribution in [1.29, 1.82) is 5.41 Å². The molecule has 4 rings (SSSR count). The van der Waals surface area contributed by atoms with Gasteiger partial charge in [0.05, 0.1) is 25.4 Å². The fraction of sp³-hybridized carbons (Fsp3) is 0.360. The molecule has 0 radical (unpaired) electrons. The Labute approximate surface area is 213 Å². The van der Waals surface area contributed by atoms with Gasteiger partial charge in [-0.3, -0.25) is 4.57 Å². The lowest BCUT2D eigenvalue weighted by Crippen LogP contribution is -2.44. The molecule has 0 spiro atoms. The van der Waals surface area contributed by atoms with Gasteiger partial charge in [0.1, 0.15) is 23.1 Å². The molecule has 2 unspecified atom stereocenters. The Kier molecular flexibility index (Phi) is 7.45. The van der Waals surface area contributed by atoms with Crippen LogP contribution in [0.2, 0.25) is 0 Å². The van der Waals surface area contributed by atoms with E-state index in [-0.39, 0.29) is 52.0 Å². The molecule has 2 aromatic carbocycles. The first-order chi connectivity index (χ1) is 17.5. The molecule has 2 atom stereocenters. The fourth-order valence-electron chi connectivity index (χ4n) is 4.03. The molecule has 0 amide bonds. The van der Waals surface area contributed by atoms with Crippen LogP contribution in [0.5, 0.6) is 11.5 Å². The number of ether oxygens (including phenoxy) is 1. The number of anilines is 2. The highest BCUT2D eigenvalue weighted by Gasteiger charge is 2.22. The Balaban J connectivity index is 1.85. The highest BCUT2D eigenvalue weighted by atomic mass is 31.0. The maximum Gasteiger partial charge on any atom is 0.355 e. The van der Waals surface area contributed by atoms with Gasteiger partial charge in [0, 0.05) is 29.1 Å². The summed E-state index contributed by atoms with van der Waals surface area (Å²) in [5, 5.41) is 21.6. The molecule has 0 aliphatic carbocycles. The summed E-state index contributed by atoms with van der Waals surface area (Å²) in [7, 11) is 2.15. The summed E-state index contributed by atoms with van der Waals surface area (Å²) in [6.45, 7) is 4.82. The highest BCUT2D eigenvalue weighted by Crippen LogP contribution is 2.36. The molecular weight excluding hydrogens is 503 g/mol. The van der Waals surface area contributed by atoms with Gasteiger partial charge in [0.25, 0.3) is 0 Å². The normalized spacial score (nSPS) is 13.2. The molecule has 2 heterocycles. The first kappa shape index (κ1) is 26.5. The Morgan fingerprint density at radius 2 is 2.03 bits per heavy atom. The van der Waals surface area contributed by atoms with Crippen LogP contribution in [0.25, 0.3) is 0 Å². The third-order valence-electron chi connectivity index (χ3n) is 6.64. The minimum Gasteiger partial charge on any atom is -0.506 e. The van der Waals surface area contributed by atoms with Gasteiger partial charge in [-0.1, -0.05) is 13.8 Å². The van der Waals surface area contributed by atoms with E-state index in [1.807, 2.05) is 6.92 Å². The SMILES string of the molecule is CCC(C)C(=N)Cn1c(=O)nc(Nc2cc3c(cc2O)OCC3)n(Cc2cc(F)c(P)c(C)c2F)c1=O. The van der Waals surface area contributed by atoms with E-state index in [1.54, 1.807) is 13.0 Å². The second-order valence-corrected chi connectivity index (χ2v) is 9.66. The summed E-state index contributed by atoms with van der Waals surface area (Å²) in [6, 6.07) is 4.02. The predicted molar refractivity (Wildman–Crippen MR) is 140 cm³/mol. The van der Waals surface area contributed by atoms with Crippen LogP contribution in [-0.4, -0.2) is 31.5 Å². The Morgan fingerprint density at radius 1 is 1.30 bits per heavy atom. The lowest BCUT2D eigenvalue weighted by molar-refractivity contribution is 0.354. The molecule has 12 heteroatoms. The maximum absolute atomic E-state index is 15.1. The Morgan fingerprint density at radius 3 is 2.73 bits per heavy atom. The lowest BCUT2D eigenvalue weighted by Gasteiger charge is -2.18. The molecular formula is C25H28F2N5O4P. The number of nitrogens with zero attached hydrogens (tertiary/aromatic N) is 3. The zero-order chi connectivity index (χ0) is 27.0. The third kappa shape index (κ3) is 5.13. The van der Waals surface area contributed by atoms with Crippen molar-refractivity contribution >= 4 is 31.9 Å². The minimum atomic E-state index is -0.913. The number of fused-ring (bicyclic) bond motifs is 1. The van der Waals surface area contributed by atoms with Crippen molar-refractivity contribution in [2.75, 3.05) is 11.9 Å². The number of hydrogen-bond acceptors (Lipinski definition) is 7. The second kappa shape index (κ2) is 10.4. The number of hydrogen-bond donors (Lipinski definition) is 3. The molecule has 3 N–H and O–H groups in total. The average molecular weight is 532 g/mol. The van der Waals surface area contributed by atoms with E-state index >= 15 is 4.39 Å². The molecule has 9 nitrogen and oxygen atoms in total. The molecule has 196 valence electrons. The predicted octanol–water partition coefficient (Wildman–Crippen LogP) is 2.99. The van der Waals surface area contributed by atoms with Crippen LogP contribution in [0.3, 0.4) is 0 Å². The number of aromatic nitrogens is 3. The van der Waals surface area contributed by atoms with Crippen molar-refractivity contribution in [3.05, 3.63) is 67.5 Å². The number of halogens is 2. The number of phenolic OH excluding ortho intramolecular Hbond substituents is 1. The van der Waals surface area contributed by atoms with E-state index in [0.717, 1.165) is 20.8 Å². The largest absolute Gasteiger partial charge is 0.506 e. The first-order valence-electron chi connectivity index (χ1n) is 11.8. The van der Waals surface area contributed by atoms with Crippen LogP contribution in [0.15, 0.2) is 27.8 Å². The Bertz CT molecular complexity index is 1520. The van der Waals surface area contributed by atoms with Gasteiger partial charge in [0.2, 0.25) is 5.95 Å². The topological polar surface area (TPSA) is 122 Å². The zero-order valence-corrected chi connectivity index (χ0v) is 21.8. The van der Waals surface area contributed by atoms with Gasteiger partial charge in [-0.05, 0) is 42.5 Å². The number of nitrogens with one attached hydrogen (secondary N) is 2.